The Labute approximate surface area is 724 Å². The molecule has 0 radical (unpaired) electrons. The van der Waals surface area contributed by atoms with Gasteiger partial charge in [-0.1, -0.05) is 322 Å². The van der Waals surface area contributed by atoms with Gasteiger partial charge in [-0.2, -0.15) is 0 Å². The molecule has 2 aliphatic carbocycles. The molecule has 116 heavy (non-hydrogen) atoms. The molecule has 0 atom stereocenters. The first-order valence-corrected chi connectivity index (χ1v) is 48.7. The molecule has 0 unspecified atom stereocenters. The monoisotopic (exact) mass is 1620 g/mol. The summed E-state index contributed by atoms with van der Waals surface area (Å²) in [6.45, 7) is 103. The molecule has 8 aliphatic heterocycles. The van der Waals surface area contributed by atoms with Crippen molar-refractivity contribution >= 4 is 0 Å². The Kier molecular flexibility index (Phi) is 55.7. The Bertz CT molecular complexity index is 2420. The van der Waals surface area contributed by atoms with Gasteiger partial charge >= 0.3 is 0 Å². The lowest BCUT2D eigenvalue weighted by atomic mass is 9.81. The van der Waals surface area contributed by atoms with Crippen LogP contribution in [-0.4, -0.2) is 79.0 Å². The van der Waals surface area contributed by atoms with E-state index >= 15 is 0 Å². The summed E-state index contributed by atoms with van der Waals surface area (Å²) in [5, 5.41) is 10.4. The van der Waals surface area contributed by atoms with Crippen LogP contribution in [0.25, 0.3) is 0 Å². The van der Waals surface area contributed by atoms with Crippen LogP contribution in [0.5, 0.6) is 0 Å². The smallest absolute Gasteiger partial charge is 0.0981 e. The summed E-state index contributed by atoms with van der Waals surface area (Å²) >= 11 is 0. The van der Waals surface area contributed by atoms with Gasteiger partial charge in [0.05, 0.1) is 64.4 Å². The van der Waals surface area contributed by atoms with Crippen molar-refractivity contribution in [2.45, 2.75) is 380 Å². The number of ether oxygens (including phenoxy) is 5. The minimum absolute atomic E-state index is 0.558. The van der Waals surface area contributed by atoms with Crippen molar-refractivity contribution in [1.82, 2.24) is 16.0 Å². The van der Waals surface area contributed by atoms with E-state index in [1.165, 1.54) is 153 Å². The standard InChI is InChI=1S/C12H22.2C11H21N.3C11H20O.C11H20.C10H19N.2C10H18O/c1-9(2)11-7-5-6-8-12(11)10(3)4;1-8(2)10-5-6-12-7-11(10)9(3)4;1-8(2)10-6-5-7-12-11(10)9(3)4;2*1-8(2)10-5-6-12-7-11(10)9(3)4;1-8(2)10-6-5-7-12-11(10)9(3)4;1-8(2)10-6-5-7-11(10)9(3)4;1-7(2)9-5-6-11-10(9)8(3)4;1-7(2)9-5-11-6-10(9)8(3)4;1-7(2)9-5-6-11-10(9)8(3)4/h9-10H,5-8H2,1-4H3;2*8-9,12H,5-7H2,1-4H3;3*8-9H,5-7H2,1-4H3;8-9H,5-7H2,1-4H3;7-8,11H,5-6H2,1-4H3;2*7-8H,5-6H2,1-4H3. The summed E-state index contributed by atoms with van der Waals surface area (Å²) in [4.78, 5) is 0. The predicted octanol–water partition coefficient (Wildman–Crippen LogP) is 31.0. The second kappa shape index (κ2) is 58.5. The lowest BCUT2D eigenvalue weighted by Crippen LogP contribution is -2.28. The molecule has 0 aromatic rings. The van der Waals surface area contributed by atoms with Crippen LogP contribution in [0.2, 0.25) is 0 Å². The van der Waals surface area contributed by atoms with Crippen LogP contribution in [0.4, 0.5) is 0 Å². The van der Waals surface area contributed by atoms with Crippen LogP contribution >= 0.6 is 0 Å². The van der Waals surface area contributed by atoms with Crippen LogP contribution in [0.3, 0.4) is 0 Å². The van der Waals surface area contributed by atoms with Gasteiger partial charge in [-0.3, -0.25) is 0 Å². The van der Waals surface area contributed by atoms with Crippen LogP contribution in [0.15, 0.2) is 112 Å². The Morgan fingerprint density at radius 3 is 0.741 bits per heavy atom. The molecule has 0 aromatic heterocycles. The third kappa shape index (κ3) is 39.7. The Morgan fingerprint density at radius 2 is 0.440 bits per heavy atom. The number of hydrogen-bond acceptors (Lipinski definition) is 8. The van der Waals surface area contributed by atoms with E-state index in [2.05, 4.69) is 293 Å². The second-order valence-electron chi connectivity index (χ2n) is 41.4. The summed E-state index contributed by atoms with van der Waals surface area (Å²) in [7, 11) is 0. The van der Waals surface area contributed by atoms with Gasteiger partial charge in [-0.25, -0.2) is 0 Å². The predicted molar refractivity (Wildman–Crippen MR) is 514 cm³/mol. The Hall–Kier alpha value is -3.56. The first-order chi connectivity index (χ1) is 54.3. The number of nitrogens with one attached hydrogen (secondary N) is 3. The van der Waals surface area contributed by atoms with Crippen LogP contribution < -0.4 is 16.0 Å². The van der Waals surface area contributed by atoms with Gasteiger partial charge in [0.25, 0.3) is 0 Å². The highest BCUT2D eigenvalue weighted by atomic mass is 16.5. The Balaban J connectivity index is 0.000000645. The topological polar surface area (TPSA) is 82.2 Å². The first kappa shape index (κ1) is 110. The van der Waals surface area contributed by atoms with Gasteiger partial charge in [-0.15, -0.1) is 0 Å². The maximum atomic E-state index is 5.69. The third-order valence-corrected chi connectivity index (χ3v) is 25.3. The quantitative estimate of drug-likeness (QED) is 0.104. The van der Waals surface area contributed by atoms with E-state index in [-0.39, 0.29) is 0 Å². The van der Waals surface area contributed by atoms with Gasteiger partial charge in [-0.05, 0) is 254 Å². The number of allylic oxidation sites excluding steroid dienone is 10. The zero-order valence-corrected chi connectivity index (χ0v) is 84.9. The van der Waals surface area contributed by atoms with Crippen molar-refractivity contribution in [2.24, 2.45) is 118 Å². The SMILES string of the molecule is CC(C)C1=C(C(C)C)CCC1.CC(C)C1=C(C(C)C)CCCC1.CC(C)C1=C(C(C)C)CNCC1.CC(C)C1=C(C(C)C)COC1.CC(C)C1=C(C(C)C)COCC1.CC(C)C1=C(C(C)C)COCC1.CC(C)C1=C(C(C)C)NCC1.CC(C)C1=C(C(C)C)NCCC1.CC(C)C1=C(C(C)C)OCC1.CC(C)C1=C(C(C)C)OCCC1. The van der Waals surface area contributed by atoms with Crippen LogP contribution in [-0.2, 0) is 23.7 Å². The van der Waals surface area contributed by atoms with Gasteiger partial charge in [0.1, 0.15) is 0 Å². The summed E-state index contributed by atoms with van der Waals surface area (Å²) < 4.78 is 27.6. The minimum Gasteiger partial charge on any atom is -0.498 e. The normalized spacial score (nSPS) is 19.1. The van der Waals surface area contributed by atoms with E-state index in [4.69, 9.17) is 23.7 Å². The molecule has 0 spiro atoms. The molecule has 8 nitrogen and oxygen atoms in total. The van der Waals surface area contributed by atoms with Crippen molar-refractivity contribution in [2.75, 3.05) is 79.0 Å². The first-order valence-electron chi connectivity index (χ1n) is 48.7. The molecule has 0 bridgehead atoms. The third-order valence-electron chi connectivity index (χ3n) is 25.3. The van der Waals surface area contributed by atoms with E-state index < -0.39 is 0 Å². The van der Waals surface area contributed by atoms with E-state index in [0.717, 1.165) is 133 Å². The fraction of sp³-hybridized carbons (Fsp3) is 0.815. The summed E-state index contributed by atoms with van der Waals surface area (Å²) in [6.07, 6.45) is 20.7. The highest BCUT2D eigenvalue weighted by molar-refractivity contribution is 5.27. The zero-order valence-electron chi connectivity index (χ0n) is 84.9. The summed E-state index contributed by atoms with van der Waals surface area (Å²) in [5.41, 5.74) is 29.1. The van der Waals surface area contributed by atoms with Crippen molar-refractivity contribution in [3.8, 4) is 0 Å². The zero-order chi connectivity index (χ0) is 88.5. The molecule has 676 valence electrons. The molecule has 8 heteroatoms. The molecule has 0 saturated carbocycles. The Morgan fingerprint density at radius 1 is 0.181 bits per heavy atom. The maximum absolute atomic E-state index is 5.69. The van der Waals surface area contributed by atoms with Crippen molar-refractivity contribution in [3.63, 3.8) is 0 Å². The molecule has 0 aromatic carbocycles. The van der Waals surface area contributed by atoms with Crippen molar-refractivity contribution in [3.05, 3.63) is 112 Å². The van der Waals surface area contributed by atoms with Gasteiger partial charge in [0.15, 0.2) is 0 Å². The van der Waals surface area contributed by atoms with Crippen molar-refractivity contribution in [1.29, 1.82) is 0 Å². The lowest BCUT2D eigenvalue weighted by Gasteiger charge is -2.27. The van der Waals surface area contributed by atoms with Crippen molar-refractivity contribution < 1.29 is 23.7 Å². The number of rotatable bonds is 20. The minimum atomic E-state index is 0.558. The second-order valence-corrected chi connectivity index (χ2v) is 41.4. The summed E-state index contributed by atoms with van der Waals surface area (Å²) in [6, 6.07) is 0. The molecule has 0 amide bonds. The maximum Gasteiger partial charge on any atom is 0.0981 e. The molecule has 8 heterocycles. The average molecular weight is 1620 g/mol. The molecule has 3 N–H and O–H groups in total. The molecular formula is C108H199N3O5. The molecule has 0 fully saturated rings. The van der Waals surface area contributed by atoms with E-state index in [1.807, 2.05) is 0 Å². The largest absolute Gasteiger partial charge is 0.498 e. The number of hydrogen-bond donors (Lipinski definition) is 3. The van der Waals surface area contributed by atoms with Gasteiger partial charge < -0.3 is 39.6 Å². The van der Waals surface area contributed by atoms with E-state index in [9.17, 15) is 0 Å². The fourth-order valence-electron chi connectivity index (χ4n) is 18.5. The van der Waals surface area contributed by atoms with E-state index in [0.29, 0.717) is 71.0 Å². The average Bonchev–Trinajstić information content (AvgIpc) is 1.59. The molecule has 10 rings (SSSR count). The molecule has 10 aliphatic rings. The van der Waals surface area contributed by atoms with Crippen LogP contribution in [0, 0.1) is 118 Å². The van der Waals surface area contributed by atoms with Gasteiger partial charge in [0.2, 0.25) is 0 Å². The lowest BCUT2D eigenvalue weighted by molar-refractivity contribution is 0.136. The van der Waals surface area contributed by atoms with E-state index in [1.54, 1.807) is 55.7 Å². The molecule has 0 saturated heterocycles. The molecular weight excluding hydrogens is 1420 g/mol. The highest BCUT2D eigenvalue weighted by Gasteiger charge is 2.27. The fourth-order valence-corrected chi connectivity index (χ4v) is 18.5. The van der Waals surface area contributed by atoms with Gasteiger partial charge in [0, 0.05) is 49.3 Å². The summed E-state index contributed by atoms with van der Waals surface area (Å²) in [5.74, 6) is 16.4. The highest BCUT2D eigenvalue weighted by Crippen LogP contribution is 2.39. The van der Waals surface area contributed by atoms with Crippen LogP contribution in [0.1, 0.15) is 380 Å².